The number of pyridine rings is 2. The highest BCUT2D eigenvalue weighted by atomic mass is 19.1. The summed E-state index contributed by atoms with van der Waals surface area (Å²) in [5.74, 6) is 1.02. The van der Waals surface area contributed by atoms with Crippen molar-refractivity contribution in [2.45, 2.75) is 66.2 Å². The van der Waals surface area contributed by atoms with Crippen LogP contribution in [0.25, 0.3) is 60.1 Å². The smallest absolute Gasteiger partial charge is 0.224 e. The topological polar surface area (TPSA) is 8.29 Å². The number of nitrogens with zero attached hydrogens (tertiary/aromatic N) is 2. The number of benzene rings is 4. The second-order valence-corrected chi connectivity index (χ2v) is 12.9. The minimum absolute atomic E-state index is 0.184. The van der Waals surface area contributed by atoms with Crippen molar-refractivity contribution in [2.24, 2.45) is 7.05 Å². The van der Waals surface area contributed by atoms with Crippen molar-refractivity contribution >= 4 is 49.0 Å². The second-order valence-electron chi connectivity index (χ2n) is 12.9. The molecule has 0 aliphatic heterocycles. The number of halogens is 1. The van der Waals surface area contributed by atoms with Gasteiger partial charge in [0.15, 0.2) is 6.20 Å². The van der Waals surface area contributed by atoms with Gasteiger partial charge in [-0.25, -0.2) is 8.96 Å². The van der Waals surface area contributed by atoms with E-state index >= 15 is 4.39 Å². The molecule has 7 aromatic rings. The van der Waals surface area contributed by atoms with Crippen LogP contribution in [-0.4, -0.2) is 4.40 Å². The number of hydrogen-bond donors (Lipinski definition) is 0. The van der Waals surface area contributed by atoms with Gasteiger partial charge in [-0.15, -0.1) is 0 Å². The molecule has 0 bridgehead atoms. The molecule has 0 radical (unpaired) electrons. The van der Waals surface area contributed by atoms with Gasteiger partial charge in [-0.05, 0) is 81.6 Å². The predicted octanol–water partition coefficient (Wildman–Crippen LogP) is 10.3. The SMILES string of the molecule is Cc1ccc2c3cccc(F)c3n3c4cc(-c5c(C(C)C)cc(C(C)C)cc5C(C)C)cc5cc[n+](C)c(c1c23)c54. The van der Waals surface area contributed by atoms with E-state index in [4.69, 9.17) is 0 Å². The lowest BCUT2D eigenvalue weighted by Gasteiger charge is -2.24. The highest BCUT2D eigenvalue weighted by Gasteiger charge is 2.27. The van der Waals surface area contributed by atoms with E-state index in [1.54, 1.807) is 6.07 Å². The molecule has 41 heavy (non-hydrogen) atoms. The van der Waals surface area contributed by atoms with Crippen LogP contribution in [-0.2, 0) is 7.05 Å². The molecule has 0 aliphatic carbocycles. The van der Waals surface area contributed by atoms with Gasteiger partial charge in [0.2, 0.25) is 5.52 Å². The quantitative estimate of drug-likeness (QED) is 0.119. The summed E-state index contributed by atoms with van der Waals surface area (Å²) in [6.45, 7) is 15.9. The third kappa shape index (κ3) is 3.57. The summed E-state index contributed by atoms with van der Waals surface area (Å²) in [5.41, 5.74) is 11.9. The Hall–Kier alpha value is -3.98. The number of para-hydroxylation sites is 1. The molecular formula is C38H38FN2+. The molecule has 0 saturated heterocycles. The Balaban J connectivity index is 1.76. The second kappa shape index (κ2) is 9.01. The summed E-state index contributed by atoms with van der Waals surface area (Å²) in [7, 11) is 2.13. The Morgan fingerprint density at radius 3 is 2.07 bits per heavy atom. The predicted molar refractivity (Wildman–Crippen MR) is 172 cm³/mol. The Morgan fingerprint density at radius 2 is 1.41 bits per heavy atom. The van der Waals surface area contributed by atoms with Gasteiger partial charge in [-0.2, -0.15) is 0 Å². The Morgan fingerprint density at radius 1 is 0.732 bits per heavy atom. The van der Waals surface area contributed by atoms with Crippen molar-refractivity contribution in [3.63, 3.8) is 0 Å². The maximum absolute atomic E-state index is 15.8. The number of aromatic nitrogens is 2. The van der Waals surface area contributed by atoms with Crippen molar-refractivity contribution in [1.82, 2.24) is 4.40 Å². The molecule has 4 aromatic carbocycles. The maximum atomic E-state index is 15.8. The molecule has 0 saturated carbocycles. The average molecular weight is 542 g/mol. The van der Waals surface area contributed by atoms with Crippen molar-refractivity contribution < 1.29 is 8.96 Å². The first kappa shape index (κ1) is 26.0. The molecule has 2 nitrogen and oxygen atoms in total. The lowest BCUT2D eigenvalue weighted by atomic mass is 9.81. The first-order chi connectivity index (χ1) is 19.6. The van der Waals surface area contributed by atoms with Gasteiger partial charge in [-0.3, -0.25) is 0 Å². The van der Waals surface area contributed by atoms with Crippen LogP contribution >= 0.6 is 0 Å². The molecule has 3 aromatic heterocycles. The third-order valence-corrected chi connectivity index (χ3v) is 9.22. The Kier molecular flexibility index (Phi) is 5.70. The summed E-state index contributed by atoms with van der Waals surface area (Å²) >= 11 is 0. The van der Waals surface area contributed by atoms with Crippen molar-refractivity contribution in [1.29, 1.82) is 0 Å². The standard InChI is InChI=1S/C38H38FN2/c1-20(2)25-17-29(21(3)4)34(30(18-25)22(5)6)26-16-24-14-15-40(8)38-33-23(7)12-13-28-27-10-9-11-31(39)36(27)41(37(28)33)32(19-26)35(24)38/h9-22H,1-8H3/q+1. The summed E-state index contributed by atoms with van der Waals surface area (Å²) in [5, 5.41) is 5.61. The van der Waals surface area contributed by atoms with Gasteiger partial charge < -0.3 is 4.40 Å². The van der Waals surface area contributed by atoms with Crippen molar-refractivity contribution in [3.8, 4) is 11.1 Å². The van der Waals surface area contributed by atoms with Crippen LogP contribution < -0.4 is 4.57 Å². The minimum atomic E-state index is -0.184. The van der Waals surface area contributed by atoms with Crippen LogP contribution in [0.2, 0.25) is 0 Å². The molecule has 3 heterocycles. The fourth-order valence-electron chi connectivity index (χ4n) is 7.15. The number of hydrogen-bond acceptors (Lipinski definition) is 0. The zero-order chi connectivity index (χ0) is 28.9. The molecule has 0 unspecified atom stereocenters. The molecule has 0 fully saturated rings. The molecule has 0 aliphatic rings. The van der Waals surface area contributed by atoms with E-state index in [0.717, 1.165) is 21.8 Å². The maximum Gasteiger partial charge on any atom is 0.224 e. The lowest BCUT2D eigenvalue weighted by molar-refractivity contribution is -0.643. The highest BCUT2D eigenvalue weighted by Crippen LogP contribution is 2.45. The molecule has 3 heteroatoms. The monoisotopic (exact) mass is 541 g/mol. The van der Waals surface area contributed by atoms with E-state index in [2.05, 4.69) is 119 Å². The zero-order valence-electron chi connectivity index (χ0n) is 25.4. The lowest BCUT2D eigenvalue weighted by Crippen LogP contribution is -2.29. The minimum Gasteiger partial charge on any atom is -0.305 e. The summed E-state index contributed by atoms with van der Waals surface area (Å²) in [6, 6.07) is 21.6. The van der Waals surface area contributed by atoms with Gasteiger partial charge in [0.1, 0.15) is 12.9 Å². The molecule has 0 spiro atoms. The Labute approximate surface area is 241 Å². The number of rotatable bonds is 4. The van der Waals surface area contributed by atoms with Gasteiger partial charge in [0.25, 0.3) is 0 Å². The van der Waals surface area contributed by atoms with Crippen LogP contribution in [0.5, 0.6) is 0 Å². The highest BCUT2D eigenvalue weighted by molar-refractivity contribution is 6.26. The summed E-state index contributed by atoms with van der Waals surface area (Å²) in [4.78, 5) is 0. The van der Waals surface area contributed by atoms with Gasteiger partial charge in [-0.1, -0.05) is 77.9 Å². The van der Waals surface area contributed by atoms with Gasteiger partial charge >= 0.3 is 0 Å². The fourth-order valence-corrected chi connectivity index (χ4v) is 7.15. The van der Waals surface area contributed by atoms with Gasteiger partial charge in [0, 0.05) is 16.8 Å². The van der Waals surface area contributed by atoms with E-state index in [-0.39, 0.29) is 5.82 Å². The molecule has 0 N–H and O–H groups in total. The summed E-state index contributed by atoms with van der Waals surface area (Å²) in [6.07, 6.45) is 2.18. The van der Waals surface area contributed by atoms with E-state index < -0.39 is 0 Å². The first-order valence-electron chi connectivity index (χ1n) is 15.0. The zero-order valence-corrected chi connectivity index (χ0v) is 25.4. The normalized spacial score (nSPS) is 12.7. The fraction of sp³-hybridized carbons (Fsp3) is 0.289. The Bertz CT molecular complexity index is 2130. The average Bonchev–Trinajstić information content (AvgIpc) is 3.28. The van der Waals surface area contributed by atoms with Gasteiger partial charge in [0.05, 0.1) is 27.3 Å². The van der Waals surface area contributed by atoms with E-state index in [1.165, 1.54) is 55.1 Å². The van der Waals surface area contributed by atoms with Crippen LogP contribution in [0.4, 0.5) is 4.39 Å². The molecule has 7 rings (SSSR count). The van der Waals surface area contributed by atoms with Crippen LogP contribution in [0.1, 0.15) is 81.5 Å². The first-order valence-corrected chi connectivity index (χ1v) is 15.0. The largest absolute Gasteiger partial charge is 0.305 e. The van der Waals surface area contributed by atoms with E-state index in [9.17, 15) is 0 Å². The molecule has 206 valence electrons. The van der Waals surface area contributed by atoms with Crippen LogP contribution in [0.3, 0.4) is 0 Å². The van der Waals surface area contributed by atoms with Crippen molar-refractivity contribution in [3.05, 3.63) is 94.9 Å². The van der Waals surface area contributed by atoms with E-state index in [1.807, 2.05) is 6.07 Å². The van der Waals surface area contributed by atoms with Crippen LogP contribution in [0, 0.1) is 12.7 Å². The summed E-state index contributed by atoms with van der Waals surface area (Å²) < 4.78 is 20.3. The van der Waals surface area contributed by atoms with E-state index in [0.29, 0.717) is 23.3 Å². The van der Waals surface area contributed by atoms with Crippen LogP contribution in [0.15, 0.2) is 66.9 Å². The molecule has 0 atom stereocenters. The third-order valence-electron chi connectivity index (χ3n) is 9.22. The molecule has 0 amide bonds. The van der Waals surface area contributed by atoms with Crippen molar-refractivity contribution in [2.75, 3.05) is 0 Å². The number of aryl methyl sites for hydroxylation is 2. The number of fused-ring (bicyclic) bond motifs is 5. The molecular weight excluding hydrogens is 503 g/mol.